The van der Waals surface area contributed by atoms with Crippen molar-refractivity contribution in [2.75, 3.05) is 0 Å². The molecule has 0 saturated heterocycles. The first-order valence-corrected chi connectivity index (χ1v) is 15.7. The van der Waals surface area contributed by atoms with E-state index in [4.69, 9.17) is 0 Å². The molecule has 3 heteroatoms. The zero-order valence-electron chi connectivity index (χ0n) is 13.4. The number of imidazole rings is 1. The van der Waals surface area contributed by atoms with Crippen molar-refractivity contribution in [1.29, 1.82) is 0 Å². The molecule has 19 heavy (non-hydrogen) atoms. The van der Waals surface area contributed by atoms with Crippen LogP contribution in [0, 0.1) is 6.92 Å². The third kappa shape index (κ3) is 5.13. The van der Waals surface area contributed by atoms with Crippen LogP contribution in [0.5, 0.6) is 0 Å². The molecule has 1 aromatic rings. The molecule has 0 radical (unpaired) electrons. The average Bonchev–Trinajstić information content (AvgIpc) is 2.85. The van der Waals surface area contributed by atoms with Crippen molar-refractivity contribution >= 4 is 22.1 Å². The van der Waals surface area contributed by atoms with Crippen molar-refractivity contribution in [3.8, 4) is 0 Å². The predicted molar refractivity (Wildman–Crippen MR) is 87.9 cm³/mol. The van der Waals surface area contributed by atoms with E-state index in [0.717, 1.165) is 5.82 Å². The molecule has 1 N–H and O–H groups in total. The van der Waals surface area contributed by atoms with Crippen LogP contribution in [0.4, 0.5) is 0 Å². The fourth-order valence-corrected chi connectivity index (χ4v) is 18.5. The van der Waals surface area contributed by atoms with Crippen LogP contribution in [0.25, 0.3) is 0 Å². The summed E-state index contributed by atoms with van der Waals surface area (Å²) in [5.41, 5.74) is 0. The second-order valence-electron chi connectivity index (χ2n) is 5.97. The molecule has 0 aromatic carbocycles. The van der Waals surface area contributed by atoms with Crippen LogP contribution < -0.4 is 3.71 Å². The number of nitrogens with one attached hydrogen (secondary N) is 1. The SMILES string of the molecule is CCC[CH2][Sn]([CH2]CCC)([CH2]CCC)[c]1cnc(C)[nH]1. The Morgan fingerprint density at radius 2 is 1.42 bits per heavy atom. The Kier molecular flexibility index (Phi) is 8.12. The maximum absolute atomic E-state index is 4.50. The Morgan fingerprint density at radius 3 is 1.74 bits per heavy atom. The Bertz CT molecular complexity index is 324. The monoisotopic (exact) mass is 372 g/mol. The molecule has 0 spiro atoms. The van der Waals surface area contributed by atoms with Crippen LogP contribution in [0.1, 0.15) is 65.1 Å². The van der Waals surface area contributed by atoms with Gasteiger partial charge in [0.25, 0.3) is 0 Å². The Balaban J connectivity index is 2.93. The summed E-state index contributed by atoms with van der Waals surface area (Å²) in [4.78, 5) is 8.13. The van der Waals surface area contributed by atoms with Gasteiger partial charge in [-0.15, -0.1) is 0 Å². The van der Waals surface area contributed by atoms with Crippen LogP contribution in [0.2, 0.25) is 13.3 Å². The van der Waals surface area contributed by atoms with Crippen LogP contribution in [0.3, 0.4) is 0 Å². The minimum atomic E-state index is -2.19. The maximum atomic E-state index is 4.50. The van der Waals surface area contributed by atoms with Gasteiger partial charge in [-0.05, 0) is 0 Å². The Hall–Kier alpha value is 0.00870. The topological polar surface area (TPSA) is 28.7 Å². The van der Waals surface area contributed by atoms with Crippen molar-refractivity contribution < 1.29 is 0 Å². The second kappa shape index (κ2) is 9.04. The summed E-state index contributed by atoms with van der Waals surface area (Å²) in [6, 6.07) is 0. The normalized spacial score (nSPS) is 12.0. The molecule has 0 atom stereocenters. The first kappa shape index (κ1) is 17.1. The number of aromatic nitrogens is 2. The molecule has 1 heterocycles. The van der Waals surface area contributed by atoms with Gasteiger partial charge in [0, 0.05) is 0 Å². The molecule has 0 bridgehead atoms. The van der Waals surface area contributed by atoms with Gasteiger partial charge in [-0.2, -0.15) is 0 Å². The van der Waals surface area contributed by atoms with Crippen LogP contribution in [0.15, 0.2) is 6.20 Å². The molecule has 0 aliphatic heterocycles. The van der Waals surface area contributed by atoms with Crippen molar-refractivity contribution in [3.05, 3.63) is 12.0 Å². The zero-order valence-corrected chi connectivity index (χ0v) is 16.2. The van der Waals surface area contributed by atoms with Gasteiger partial charge in [0.2, 0.25) is 0 Å². The summed E-state index contributed by atoms with van der Waals surface area (Å²) in [6.45, 7) is 9.08. The number of hydrogen-bond acceptors (Lipinski definition) is 1. The third-order valence-corrected chi connectivity index (χ3v) is 19.5. The Morgan fingerprint density at radius 1 is 0.947 bits per heavy atom. The third-order valence-electron chi connectivity index (χ3n) is 4.30. The number of H-pyrrole nitrogens is 1. The molecule has 0 fully saturated rings. The Labute approximate surface area is 123 Å². The summed E-state index contributed by atoms with van der Waals surface area (Å²) in [7, 11) is 0. The van der Waals surface area contributed by atoms with Crippen LogP contribution in [-0.4, -0.2) is 28.3 Å². The molecule has 0 unspecified atom stereocenters. The summed E-state index contributed by atoms with van der Waals surface area (Å²) >= 11 is -2.19. The molecule has 1 rings (SSSR count). The van der Waals surface area contributed by atoms with E-state index in [0.29, 0.717) is 0 Å². The number of aromatic amines is 1. The van der Waals surface area contributed by atoms with Gasteiger partial charge >= 0.3 is 124 Å². The van der Waals surface area contributed by atoms with Gasteiger partial charge in [0.05, 0.1) is 0 Å². The summed E-state index contributed by atoms with van der Waals surface area (Å²) in [5, 5.41) is 0. The van der Waals surface area contributed by atoms with Gasteiger partial charge < -0.3 is 0 Å². The van der Waals surface area contributed by atoms with Gasteiger partial charge in [-0.3, -0.25) is 0 Å². The molecule has 0 saturated carbocycles. The number of aryl methyl sites for hydroxylation is 1. The van der Waals surface area contributed by atoms with E-state index in [2.05, 4.69) is 43.9 Å². The van der Waals surface area contributed by atoms with Crippen molar-refractivity contribution in [1.82, 2.24) is 9.97 Å². The van der Waals surface area contributed by atoms with Crippen molar-refractivity contribution in [3.63, 3.8) is 0 Å². The number of hydrogen-bond donors (Lipinski definition) is 1. The van der Waals surface area contributed by atoms with E-state index in [1.165, 1.54) is 51.8 Å². The van der Waals surface area contributed by atoms with E-state index in [1.807, 2.05) is 0 Å². The molecule has 0 aliphatic rings. The number of unbranched alkanes of at least 4 members (excludes halogenated alkanes) is 3. The standard InChI is InChI=1S/C4H5N2.3C4H9.Sn/c1-4-5-2-3-6-4;3*1-3-4-2;/h2H,1H3,(H,5,6);3*1,3-4H2,2H3;. The molecule has 0 amide bonds. The molecular formula is C16H32N2Sn. The van der Waals surface area contributed by atoms with Crippen LogP contribution >= 0.6 is 0 Å². The first-order valence-electron chi connectivity index (χ1n) is 8.20. The quantitative estimate of drug-likeness (QED) is 0.590. The van der Waals surface area contributed by atoms with Gasteiger partial charge in [0.15, 0.2) is 0 Å². The van der Waals surface area contributed by atoms with E-state index in [-0.39, 0.29) is 0 Å². The van der Waals surface area contributed by atoms with Crippen molar-refractivity contribution in [2.24, 2.45) is 0 Å². The van der Waals surface area contributed by atoms with Gasteiger partial charge in [0.1, 0.15) is 0 Å². The van der Waals surface area contributed by atoms with Gasteiger partial charge in [-0.25, -0.2) is 0 Å². The molecular weight excluding hydrogens is 339 g/mol. The molecule has 110 valence electrons. The van der Waals surface area contributed by atoms with Crippen LogP contribution in [-0.2, 0) is 0 Å². The predicted octanol–water partition coefficient (Wildman–Crippen LogP) is 4.77. The van der Waals surface area contributed by atoms with E-state index in [9.17, 15) is 0 Å². The van der Waals surface area contributed by atoms with E-state index < -0.39 is 18.4 Å². The summed E-state index contributed by atoms with van der Waals surface area (Å²) < 4.78 is 6.16. The zero-order chi connectivity index (χ0) is 14.1. The van der Waals surface area contributed by atoms with Gasteiger partial charge in [-0.1, -0.05) is 0 Å². The fraction of sp³-hybridized carbons (Fsp3) is 0.812. The molecule has 2 nitrogen and oxygen atoms in total. The molecule has 0 aliphatic carbocycles. The fourth-order valence-electron chi connectivity index (χ4n) is 3.01. The molecule has 1 aromatic heterocycles. The minimum absolute atomic E-state index is 1.11. The number of rotatable bonds is 10. The average molecular weight is 371 g/mol. The van der Waals surface area contributed by atoms with Crippen molar-refractivity contribution in [2.45, 2.75) is 79.5 Å². The first-order chi connectivity index (χ1) is 9.18. The van der Waals surface area contributed by atoms with E-state index >= 15 is 0 Å². The van der Waals surface area contributed by atoms with E-state index in [1.54, 1.807) is 3.71 Å². The second-order valence-corrected chi connectivity index (χ2v) is 19.1. The summed E-state index contributed by atoms with van der Waals surface area (Å²) in [5.74, 6) is 1.11. The number of nitrogens with zero attached hydrogens (tertiary/aromatic N) is 1. The summed E-state index contributed by atoms with van der Waals surface area (Å²) in [6.07, 6.45) is 10.5.